The van der Waals surface area contributed by atoms with Gasteiger partial charge >= 0.3 is 0 Å². The van der Waals surface area contributed by atoms with Gasteiger partial charge in [0.15, 0.2) is 0 Å². The number of amides is 1. The Morgan fingerprint density at radius 3 is 2.80 bits per heavy atom. The van der Waals surface area contributed by atoms with E-state index < -0.39 is 0 Å². The van der Waals surface area contributed by atoms with E-state index in [0.717, 1.165) is 51.3 Å². The van der Waals surface area contributed by atoms with Gasteiger partial charge < -0.3 is 15.5 Å². The summed E-state index contributed by atoms with van der Waals surface area (Å²) < 4.78 is 0. The fraction of sp³-hybridized carbons (Fsp3) is 0.533. The van der Waals surface area contributed by atoms with E-state index in [0.29, 0.717) is 11.4 Å². The van der Waals surface area contributed by atoms with Gasteiger partial charge in [-0.1, -0.05) is 29.8 Å². The molecule has 2 rings (SSSR count). The zero-order chi connectivity index (χ0) is 14.2. The highest BCUT2D eigenvalue weighted by atomic mass is 35.5. The number of hydrogen-bond acceptors (Lipinski definition) is 3. The van der Waals surface area contributed by atoms with Gasteiger partial charge in [0, 0.05) is 37.7 Å². The Morgan fingerprint density at radius 2 is 2.05 bits per heavy atom. The second kappa shape index (κ2) is 8.25. The van der Waals surface area contributed by atoms with Crippen LogP contribution in [0, 0.1) is 0 Å². The molecule has 0 unspecified atom stereocenters. The molecule has 110 valence electrons. The zero-order valence-corrected chi connectivity index (χ0v) is 12.5. The lowest BCUT2D eigenvalue weighted by atomic mass is 10.1. The number of halogens is 1. The highest BCUT2D eigenvalue weighted by molar-refractivity contribution is 6.31. The summed E-state index contributed by atoms with van der Waals surface area (Å²) in [6, 6.07) is 7.48. The van der Waals surface area contributed by atoms with Gasteiger partial charge in [-0.25, -0.2) is 0 Å². The van der Waals surface area contributed by atoms with Crippen molar-refractivity contribution < 1.29 is 4.79 Å². The van der Waals surface area contributed by atoms with E-state index in [1.807, 2.05) is 24.3 Å². The second-order valence-corrected chi connectivity index (χ2v) is 5.47. The van der Waals surface area contributed by atoms with Crippen molar-refractivity contribution in [1.82, 2.24) is 15.5 Å². The van der Waals surface area contributed by atoms with Crippen LogP contribution in [0.4, 0.5) is 0 Å². The Morgan fingerprint density at radius 1 is 1.30 bits per heavy atom. The minimum atomic E-state index is 0.0402. The molecule has 0 aliphatic carbocycles. The number of nitrogens with zero attached hydrogens (tertiary/aromatic N) is 1. The molecule has 4 nitrogen and oxygen atoms in total. The second-order valence-electron chi connectivity index (χ2n) is 5.06. The van der Waals surface area contributed by atoms with Gasteiger partial charge in [-0.3, -0.25) is 4.79 Å². The maximum Gasteiger partial charge on any atom is 0.224 e. The van der Waals surface area contributed by atoms with Crippen LogP contribution in [0.2, 0.25) is 5.02 Å². The van der Waals surface area contributed by atoms with Crippen molar-refractivity contribution in [3.63, 3.8) is 0 Å². The molecule has 1 saturated heterocycles. The fourth-order valence-corrected chi connectivity index (χ4v) is 2.55. The lowest BCUT2D eigenvalue weighted by Gasteiger charge is -2.27. The van der Waals surface area contributed by atoms with Crippen molar-refractivity contribution in [3.05, 3.63) is 34.9 Å². The van der Waals surface area contributed by atoms with Gasteiger partial charge in [-0.05, 0) is 24.6 Å². The van der Waals surface area contributed by atoms with Crippen molar-refractivity contribution in [2.45, 2.75) is 12.8 Å². The normalized spacial score (nSPS) is 16.1. The van der Waals surface area contributed by atoms with Crippen LogP contribution in [-0.4, -0.2) is 50.1 Å². The van der Waals surface area contributed by atoms with Crippen molar-refractivity contribution >= 4 is 17.5 Å². The predicted octanol–water partition coefficient (Wildman–Crippen LogP) is 1.29. The van der Waals surface area contributed by atoms with E-state index in [1.165, 1.54) is 0 Å². The molecule has 0 bridgehead atoms. The van der Waals surface area contributed by atoms with Crippen LogP contribution in [0.25, 0.3) is 0 Å². The van der Waals surface area contributed by atoms with Crippen LogP contribution < -0.4 is 10.6 Å². The van der Waals surface area contributed by atoms with E-state index in [9.17, 15) is 4.79 Å². The molecule has 1 fully saturated rings. The van der Waals surface area contributed by atoms with Gasteiger partial charge in [0.05, 0.1) is 6.42 Å². The monoisotopic (exact) mass is 295 g/mol. The quantitative estimate of drug-likeness (QED) is 0.778. The molecule has 1 heterocycles. The molecule has 1 aliphatic rings. The van der Waals surface area contributed by atoms with E-state index in [2.05, 4.69) is 15.5 Å². The Bertz CT molecular complexity index is 433. The lowest BCUT2D eigenvalue weighted by Crippen LogP contribution is -2.44. The number of carbonyl (C=O) groups is 1. The molecule has 0 radical (unpaired) electrons. The predicted molar refractivity (Wildman–Crippen MR) is 82.1 cm³/mol. The van der Waals surface area contributed by atoms with Crippen molar-refractivity contribution in [2.24, 2.45) is 0 Å². The largest absolute Gasteiger partial charge is 0.356 e. The van der Waals surface area contributed by atoms with E-state index in [4.69, 9.17) is 11.6 Å². The summed E-state index contributed by atoms with van der Waals surface area (Å²) in [5.41, 5.74) is 0.883. The number of carbonyl (C=O) groups excluding carboxylic acids is 1. The van der Waals surface area contributed by atoms with Crippen molar-refractivity contribution in [1.29, 1.82) is 0 Å². The first-order chi connectivity index (χ1) is 9.75. The summed E-state index contributed by atoms with van der Waals surface area (Å²) in [5, 5.41) is 6.95. The molecule has 1 aromatic rings. The van der Waals surface area contributed by atoms with Gasteiger partial charge in [-0.2, -0.15) is 0 Å². The first-order valence-corrected chi connectivity index (χ1v) is 7.56. The Labute approximate surface area is 125 Å². The minimum Gasteiger partial charge on any atom is -0.356 e. The molecule has 1 aromatic carbocycles. The molecule has 20 heavy (non-hydrogen) atoms. The minimum absolute atomic E-state index is 0.0402. The number of benzene rings is 1. The van der Waals surface area contributed by atoms with E-state index in [-0.39, 0.29) is 5.91 Å². The van der Waals surface area contributed by atoms with E-state index in [1.54, 1.807) is 0 Å². The van der Waals surface area contributed by atoms with Crippen molar-refractivity contribution in [2.75, 3.05) is 39.3 Å². The molecule has 0 spiro atoms. The molecule has 0 aromatic heterocycles. The summed E-state index contributed by atoms with van der Waals surface area (Å²) in [7, 11) is 0. The topological polar surface area (TPSA) is 44.4 Å². The van der Waals surface area contributed by atoms with E-state index >= 15 is 0 Å². The lowest BCUT2D eigenvalue weighted by molar-refractivity contribution is -0.120. The summed E-state index contributed by atoms with van der Waals surface area (Å²) in [5.74, 6) is 0.0402. The van der Waals surface area contributed by atoms with Crippen LogP contribution >= 0.6 is 11.6 Å². The Kier molecular flexibility index (Phi) is 6.30. The van der Waals surface area contributed by atoms with Crippen LogP contribution in [0.5, 0.6) is 0 Å². The Balaban J connectivity index is 1.61. The summed E-state index contributed by atoms with van der Waals surface area (Å²) in [6.45, 7) is 6.13. The van der Waals surface area contributed by atoms with Gasteiger partial charge in [0.2, 0.25) is 5.91 Å². The van der Waals surface area contributed by atoms with Gasteiger partial charge in [-0.15, -0.1) is 0 Å². The molecule has 2 N–H and O–H groups in total. The highest BCUT2D eigenvalue weighted by Crippen LogP contribution is 2.15. The van der Waals surface area contributed by atoms with Gasteiger partial charge in [0.25, 0.3) is 0 Å². The number of nitrogens with one attached hydrogen (secondary N) is 2. The zero-order valence-electron chi connectivity index (χ0n) is 11.7. The van der Waals surface area contributed by atoms with Crippen LogP contribution in [-0.2, 0) is 11.2 Å². The van der Waals surface area contributed by atoms with Gasteiger partial charge in [0.1, 0.15) is 0 Å². The average molecular weight is 296 g/mol. The van der Waals surface area contributed by atoms with Crippen LogP contribution in [0.1, 0.15) is 12.0 Å². The average Bonchev–Trinajstić information content (AvgIpc) is 2.47. The molecule has 1 aliphatic heterocycles. The maximum atomic E-state index is 11.8. The smallest absolute Gasteiger partial charge is 0.224 e. The molecule has 0 atom stereocenters. The van der Waals surface area contributed by atoms with Crippen LogP contribution in [0.15, 0.2) is 24.3 Å². The molecular formula is C15H22ClN3O. The number of piperazine rings is 1. The molecule has 5 heteroatoms. The summed E-state index contributed by atoms with van der Waals surface area (Å²) in [6.07, 6.45) is 1.35. The fourth-order valence-electron chi connectivity index (χ4n) is 2.34. The highest BCUT2D eigenvalue weighted by Gasteiger charge is 2.09. The SMILES string of the molecule is O=C(Cc1ccccc1Cl)NCCCN1CCNCC1. The third-order valence-electron chi connectivity index (χ3n) is 3.49. The third kappa shape index (κ3) is 5.12. The van der Waals surface area contributed by atoms with Crippen molar-refractivity contribution in [3.8, 4) is 0 Å². The van der Waals surface area contributed by atoms with Crippen LogP contribution in [0.3, 0.4) is 0 Å². The first-order valence-electron chi connectivity index (χ1n) is 7.19. The molecular weight excluding hydrogens is 274 g/mol. The number of hydrogen-bond donors (Lipinski definition) is 2. The standard InChI is InChI=1S/C15H22ClN3O/c16-14-5-2-1-4-13(14)12-15(20)18-6-3-9-19-10-7-17-8-11-19/h1-2,4-5,17H,3,6-12H2,(H,18,20). The first kappa shape index (κ1) is 15.3. The Hall–Kier alpha value is -1.10. The summed E-state index contributed by atoms with van der Waals surface area (Å²) >= 11 is 6.04. The summed E-state index contributed by atoms with van der Waals surface area (Å²) in [4.78, 5) is 14.2. The molecule has 0 saturated carbocycles. The third-order valence-corrected chi connectivity index (χ3v) is 3.86. The molecule has 1 amide bonds. The maximum absolute atomic E-state index is 11.8. The number of rotatable bonds is 6.